The van der Waals surface area contributed by atoms with Crippen molar-refractivity contribution in [3.8, 4) is 40.1 Å². The summed E-state index contributed by atoms with van der Waals surface area (Å²) >= 11 is 12.2. The van der Waals surface area contributed by atoms with Crippen molar-refractivity contribution in [3.63, 3.8) is 0 Å². The topological polar surface area (TPSA) is 253 Å². The maximum absolute atomic E-state index is 13.9. The molecule has 0 aliphatic heterocycles. The lowest BCUT2D eigenvalue weighted by atomic mass is 9.87. The number of phenolic OH excluding ortho intramolecular Hbond substituents is 2. The number of ether oxygens (including phenoxy) is 2. The number of phenols is 2. The van der Waals surface area contributed by atoms with Gasteiger partial charge in [-0.1, -0.05) is 138 Å². The molecule has 85 heavy (non-hydrogen) atoms. The maximum atomic E-state index is 13.9. The van der Waals surface area contributed by atoms with E-state index in [0.717, 1.165) is 16.7 Å². The molecule has 9 rings (SSSR count). The molecule has 0 fully saturated rings. The number of aromatic hydroxyl groups is 2. The van der Waals surface area contributed by atoms with Gasteiger partial charge in [-0.15, -0.1) is 15.3 Å². The minimum Gasteiger partial charge on any atom is -0.508 e. The zero-order valence-corrected chi connectivity index (χ0v) is 53.5. The van der Waals surface area contributed by atoms with Crippen LogP contribution in [-0.4, -0.2) is 94.7 Å². The summed E-state index contributed by atoms with van der Waals surface area (Å²) in [6.45, 7) is 24.9. The summed E-state index contributed by atoms with van der Waals surface area (Å²) < 4.78 is 107. The van der Waals surface area contributed by atoms with Crippen molar-refractivity contribution < 1.29 is 49.3 Å². The van der Waals surface area contributed by atoms with Crippen molar-refractivity contribution in [1.82, 2.24) is 45.0 Å². The van der Waals surface area contributed by atoms with Gasteiger partial charge in [0.2, 0.25) is 44.6 Å². The van der Waals surface area contributed by atoms with E-state index in [2.05, 4.69) is 72.5 Å². The van der Waals surface area contributed by atoms with Gasteiger partial charge in [0.25, 0.3) is 0 Å². The molecule has 3 aromatic heterocycles. The molecule has 0 atom stereocenters. The van der Waals surface area contributed by atoms with E-state index in [4.69, 9.17) is 32.7 Å². The average molecular weight is 1260 g/mol. The zero-order valence-electron chi connectivity index (χ0n) is 49.5. The third-order valence-electron chi connectivity index (χ3n) is 13.7. The van der Waals surface area contributed by atoms with Crippen molar-refractivity contribution in [1.29, 1.82) is 0 Å². The Morgan fingerprint density at radius 3 is 1.11 bits per heavy atom. The summed E-state index contributed by atoms with van der Waals surface area (Å²) in [5.74, 6) is -0.0280. The highest BCUT2D eigenvalue weighted by Gasteiger charge is 2.31. The first-order chi connectivity index (χ1) is 39.4. The molecule has 9 aromatic rings. The van der Waals surface area contributed by atoms with Crippen molar-refractivity contribution in [2.24, 2.45) is 0 Å². The minimum atomic E-state index is -3.88. The SMILES string of the molecule is COc1cc(Cl)c(Cl)cc1-n1nnc(S(=O)(=O)c2ccc(C(C)(C)C)cc2)c1C.COc1cc(F)c(C)cc1-n1nnc(S(=O)(=O)c2ccc(C(C)(C)C)cc2)c1C.Cc1c(S(=O)(=O)c2ccc(C(C)(C)C)cc2)nnn1-c1cc(O)ccc1O. The Morgan fingerprint density at radius 2 is 0.765 bits per heavy atom. The summed E-state index contributed by atoms with van der Waals surface area (Å²) in [7, 11) is -8.71. The number of benzene rings is 6. The third kappa shape index (κ3) is 13.6. The molecule has 0 saturated carbocycles. The number of rotatable bonds is 11. The van der Waals surface area contributed by atoms with Gasteiger partial charge in [0.05, 0.1) is 56.0 Å². The Hall–Kier alpha value is -7.70. The lowest BCUT2D eigenvalue weighted by Gasteiger charge is -2.19. The van der Waals surface area contributed by atoms with Crippen LogP contribution in [-0.2, 0) is 45.8 Å². The predicted molar refractivity (Wildman–Crippen MR) is 321 cm³/mol. The predicted octanol–water partition coefficient (Wildman–Crippen LogP) is 12.3. The highest BCUT2D eigenvalue weighted by molar-refractivity contribution is 7.92. The minimum absolute atomic E-state index is 0.0776. The lowest BCUT2D eigenvalue weighted by Crippen LogP contribution is -2.12. The van der Waals surface area contributed by atoms with E-state index >= 15 is 0 Å². The van der Waals surface area contributed by atoms with Crippen LogP contribution in [0.1, 0.15) is 102 Å². The number of hydrogen-bond donors (Lipinski definition) is 2. The smallest absolute Gasteiger partial charge is 0.227 e. The molecule has 0 saturated heterocycles. The van der Waals surface area contributed by atoms with Crippen molar-refractivity contribution >= 4 is 52.7 Å². The molecule has 0 amide bonds. The second kappa shape index (κ2) is 24.3. The first-order valence-corrected chi connectivity index (χ1v) is 31.4. The number of hydrogen-bond acceptors (Lipinski definition) is 16. The Balaban J connectivity index is 0.000000183. The Bertz CT molecular complexity index is 4120. The van der Waals surface area contributed by atoms with Crippen LogP contribution >= 0.6 is 23.2 Å². The first kappa shape index (κ1) is 64.9. The number of aromatic nitrogens is 9. The standard InChI is InChI=1S/C21H24FN3O3S.C20H21Cl2N3O3S.C19H21N3O4S/c1-13-11-18(19(28-6)12-17(13)22)25-14(2)20(23-24-25)29(26,27)16-9-7-15(8-10-16)21(3,4)5;1-12-19(29(26,27)14-8-6-13(7-9-14)20(2,3)4)23-24-25(12)17-10-15(21)16(22)11-18(17)28-5;1-12-18(20-21-22(12)16-11-14(23)7-10-17(16)24)27(25,26)15-8-5-13(6-9-15)19(2,3)4/h7-12H,1-6H3;6-11H,1-5H3;5-11,23-24H,1-4H3. The van der Waals surface area contributed by atoms with E-state index in [-0.39, 0.29) is 74.6 Å². The van der Waals surface area contributed by atoms with E-state index in [1.54, 1.807) is 107 Å². The van der Waals surface area contributed by atoms with E-state index in [1.807, 2.05) is 32.9 Å². The first-order valence-electron chi connectivity index (χ1n) is 26.2. The molecule has 450 valence electrons. The summed E-state index contributed by atoms with van der Waals surface area (Å²) in [6.07, 6.45) is 0. The van der Waals surface area contributed by atoms with E-state index in [9.17, 15) is 39.9 Å². The molecule has 0 bridgehead atoms. The summed E-state index contributed by atoms with van der Waals surface area (Å²) in [6, 6.07) is 30.0. The fraction of sp³-hybridized carbons (Fsp3) is 0.300. The molecule has 0 aliphatic carbocycles. The molecule has 19 nitrogen and oxygen atoms in total. The van der Waals surface area contributed by atoms with Crippen LogP contribution < -0.4 is 9.47 Å². The van der Waals surface area contributed by atoms with Crippen LogP contribution in [0, 0.1) is 33.5 Å². The molecule has 0 aliphatic rings. The Kier molecular flexibility index (Phi) is 18.6. The number of nitrogens with zero attached hydrogens (tertiary/aromatic N) is 9. The van der Waals surface area contributed by atoms with E-state index in [1.165, 1.54) is 52.5 Å². The van der Waals surface area contributed by atoms with Crippen molar-refractivity contribution in [2.75, 3.05) is 14.2 Å². The highest BCUT2D eigenvalue weighted by atomic mass is 35.5. The quantitative estimate of drug-likeness (QED) is 0.114. The van der Waals surface area contributed by atoms with Crippen molar-refractivity contribution in [3.05, 3.63) is 170 Å². The third-order valence-corrected chi connectivity index (χ3v) is 19.8. The lowest BCUT2D eigenvalue weighted by molar-refractivity contribution is 0.407. The van der Waals surface area contributed by atoms with Crippen LogP contribution in [0.25, 0.3) is 17.1 Å². The van der Waals surface area contributed by atoms with Gasteiger partial charge in [0.15, 0.2) is 0 Å². The van der Waals surface area contributed by atoms with Gasteiger partial charge in [-0.25, -0.2) is 43.7 Å². The molecular formula is C60H66Cl2FN9O10S3. The Labute approximate surface area is 504 Å². The molecule has 2 N–H and O–H groups in total. The fourth-order valence-electron chi connectivity index (χ4n) is 8.62. The maximum Gasteiger partial charge on any atom is 0.227 e. The van der Waals surface area contributed by atoms with Crippen LogP contribution in [0.2, 0.25) is 10.0 Å². The molecule has 0 unspecified atom stereocenters. The average Bonchev–Trinajstić information content (AvgIpc) is 3.81. The van der Waals surface area contributed by atoms with Gasteiger partial charge in [-0.05, 0) is 127 Å². The van der Waals surface area contributed by atoms with Gasteiger partial charge < -0.3 is 19.7 Å². The summed E-state index contributed by atoms with van der Waals surface area (Å²) in [4.78, 5) is 0.412. The second-order valence-corrected chi connectivity index (χ2v) is 29.3. The molecule has 6 aromatic carbocycles. The molecular weight excluding hydrogens is 1190 g/mol. The van der Waals surface area contributed by atoms with Gasteiger partial charge >= 0.3 is 0 Å². The number of methoxy groups -OCH3 is 2. The number of halogens is 3. The highest BCUT2D eigenvalue weighted by Crippen LogP contribution is 2.37. The summed E-state index contributed by atoms with van der Waals surface area (Å²) in [5, 5.41) is 43.3. The van der Waals surface area contributed by atoms with Crippen molar-refractivity contribution in [2.45, 2.75) is 136 Å². The largest absolute Gasteiger partial charge is 0.508 e. The van der Waals surface area contributed by atoms with E-state index in [0.29, 0.717) is 44.1 Å². The Morgan fingerprint density at radius 1 is 0.447 bits per heavy atom. The molecule has 0 spiro atoms. The van der Waals surface area contributed by atoms with Gasteiger partial charge in [0.1, 0.15) is 45.9 Å². The monoisotopic (exact) mass is 1260 g/mol. The van der Waals surface area contributed by atoms with Gasteiger partial charge in [0, 0.05) is 18.2 Å². The summed E-state index contributed by atoms with van der Waals surface area (Å²) in [5.41, 5.74) is 5.11. The molecule has 3 heterocycles. The van der Waals surface area contributed by atoms with Gasteiger partial charge in [-0.2, -0.15) is 0 Å². The van der Waals surface area contributed by atoms with Crippen LogP contribution in [0.5, 0.6) is 23.0 Å². The van der Waals surface area contributed by atoms with Gasteiger partial charge in [-0.3, -0.25) is 0 Å². The van der Waals surface area contributed by atoms with Crippen LogP contribution in [0.15, 0.2) is 145 Å². The zero-order chi connectivity index (χ0) is 63.1. The molecule has 0 radical (unpaired) electrons. The fourth-order valence-corrected chi connectivity index (χ4v) is 12.9. The second-order valence-electron chi connectivity index (χ2n) is 22.9. The number of sulfone groups is 3. The van der Waals surface area contributed by atoms with E-state index < -0.39 is 35.3 Å². The van der Waals surface area contributed by atoms with Crippen LogP contribution in [0.4, 0.5) is 4.39 Å². The number of aryl methyl sites for hydroxylation is 1. The normalized spacial score (nSPS) is 12.3. The van der Waals surface area contributed by atoms with Crippen LogP contribution in [0.3, 0.4) is 0 Å². The molecule has 25 heteroatoms.